The number of rotatable bonds is 11. The summed E-state index contributed by atoms with van der Waals surface area (Å²) in [7, 11) is 0.314. The average molecular weight is 278 g/mol. The zero-order chi connectivity index (χ0) is 13.1. The fourth-order valence-electron chi connectivity index (χ4n) is 1.51. The van der Waals surface area contributed by atoms with Gasteiger partial charge in [-0.15, -0.1) is 0 Å². The van der Waals surface area contributed by atoms with Crippen LogP contribution in [0.5, 0.6) is 0 Å². The monoisotopic (exact) mass is 278 g/mol. The van der Waals surface area contributed by atoms with Crippen molar-refractivity contribution in [1.82, 2.24) is 0 Å². The first-order valence-electron chi connectivity index (χ1n) is 5.87. The summed E-state index contributed by atoms with van der Waals surface area (Å²) in [5.74, 6) is 0.234. The zero-order valence-electron chi connectivity index (χ0n) is 10.9. The first-order chi connectivity index (χ1) is 8.14. The third-order valence-corrected chi connectivity index (χ3v) is 5.47. The molecule has 0 spiro atoms. The molecule has 4 nitrogen and oxygen atoms in total. The van der Waals surface area contributed by atoms with Crippen molar-refractivity contribution < 1.29 is 18.1 Å². The van der Waals surface area contributed by atoms with Crippen molar-refractivity contribution in [3.05, 3.63) is 0 Å². The van der Waals surface area contributed by atoms with Crippen LogP contribution in [0, 0.1) is 0 Å². The molecule has 0 atom stereocenters. The fraction of sp³-hybridized carbons (Fsp3) is 0.818. The maximum absolute atomic E-state index is 11.6. The molecule has 0 rings (SSSR count). The Morgan fingerprint density at radius 2 is 1.88 bits per heavy atom. The second kappa shape index (κ2) is 9.70. The third kappa shape index (κ3) is 6.87. The molecule has 6 heteroatoms. The van der Waals surface area contributed by atoms with Crippen LogP contribution in [0.25, 0.3) is 0 Å². The minimum Gasteiger partial charge on any atom is -0.498 e. The summed E-state index contributed by atoms with van der Waals surface area (Å²) in [6.45, 7) is 2.12. The van der Waals surface area contributed by atoms with E-state index in [0.717, 1.165) is 24.8 Å². The van der Waals surface area contributed by atoms with Crippen LogP contribution in [0.15, 0.2) is 0 Å². The summed E-state index contributed by atoms with van der Waals surface area (Å²) in [6, 6.07) is 0.484. The van der Waals surface area contributed by atoms with Gasteiger partial charge in [0.15, 0.2) is 0 Å². The molecule has 0 aliphatic heterocycles. The Hall–Kier alpha value is -0.303. The molecule has 0 saturated carbocycles. The van der Waals surface area contributed by atoms with E-state index < -0.39 is 8.80 Å². The maximum atomic E-state index is 11.6. The van der Waals surface area contributed by atoms with Gasteiger partial charge >= 0.3 is 8.80 Å². The quantitative estimate of drug-likeness (QED) is 0.330. The summed E-state index contributed by atoms with van der Waals surface area (Å²) in [5.41, 5.74) is 1.15. The van der Waals surface area contributed by atoms with Crippen LogP contribution in [0.3, 0.4) is 0 Å². The molecule has 0 fully saturated rings. The number of hydrogen-bond donors (Lipinski definition) is 0. The van der Waals surface area contributed by atoms with Crippen LogP contribution < -0.4 is 0 Å². The van der Waals surface area contributed by atoms with Crippen molar-refractivity contribution in [2.45, 2.75) is 45.1 Å². The standard InChI is InChI=1S/C11H22O4SSi/c1-4-5-6-7-11(12)8-9-17(13-2,14-3)15-10-16/h10H,4-9H2,1-3H3. The van der Waals surface area contributed by atoms with E-state index in [0.29, 0.717) is 18.9 Å². The van der Waals surface area contributed by atoms with Crippen molar-refractivity contribution in [3.8, 4) is 0 Å². The van der Waals surface area contributed by atoms with Gasteiger partial charge in [0.1, 0.15) is 11.3 Å². The van der Waals surface area contributed by atoms with E-state index in [-0.39, 0.29) is 5.78 Å². The predicted molar refractivity (Wildman–Crippen MR) is 73.1 cm³/mol. The van der Waals surface area contributed by atoms with Crippen molar-refractivity contribution in [1.29, 1.82) is 0 Å². The molecule has 100 valence electrons. The average Bonchev–Trinajstić information content (AvgIpc) is 2.35. The Morgan fingerprint density at radius 3 is 2.35 bits per heavy atom. The van der Waals surface area contributed by atoms with Crippen LogP contribution in [0.1, 0.15) is 39.0 Å². The summed E-state index contributed by atoms with van der Waals surface area (Å²) >= 11 is 4.64. The molecule has 0 N–H and O–H groups in total. The van der Waals surface area contributed by atoms with Gasteiger partial charge in [0.05, 0.1) is 0 Å². The minimum absolute atomic E-state index is 0.234. The van der Waals surface area contributed by atoms with E-state index in [1.807, 2.05) is 0 Å². The van der Waals surface area contributed by atoms with Gasteiger partial charge in [-0.25, -0.2) is 0 Å². The van der Waals surface area contributed by atoms with Gasteiger partial charge in [0.25, 0.3) is 0 Å². The zero-order valence-corrected chi connectivity index (χ0v) is 12.7. The highest BCUT2D eigenvalue weighted by Gasteiger charge is 2.40. The molecule has 0 radical (unpaired) electrons. The first kappa shape index (κ1) is 16.7. The third-order valence-electron chi connectivity index (χ3n) is 2.62. The number of thiocarbonyl (C=S) groups is 1. The highest BCUT2D eigenvalue weighted by atomic mass is 32.1. The van der Waals surface area contributed by atoms with Crippen molar-refractivity contribution >= 4 is 32.4 Å². The Kier molecular flexibility index (Phi) is 9.53. The number of unbranched alkanes of at least 4 members (excludes halogenated alkanes) is 2. The van der Waals surface area contributed by atoms with Gasteiger partial charge in [-0.2, -0.15) is 0 Å². The molecular weight excluding hydrogens is 256 g/mol. The van der Waals surface area contributed by atoms with Gasteiger partial charge < -0.3 is 13.3 Å². The number of carbonyl (C=O) groups is 1. The Balaban J connectivity index is 4.03. The van der Waals surface area contributed by atoms with E-state index in [4.69, 9.17) is 13.3 Å². The van der Waals surface area contributed by atoms with E-state index >= 15 is 0 Å². The smallest absolute Gasteiger partial charge is 0.498 e. The van der Waals surface area contributed by atoms with Crippen LogP contribution in [-0.2, 0) is 18.1 Å². The van der Waals surface area contributed by atoms with E-state index in [1.165, 1.54) is 14.2 Å². The summed E-state index contributed by atoms with van der Waals surface area (Å²) < 4.78 is 15.7. The second-order valence-electron chi connectivity index (χ2n) is 3.80. The first-order valence-corrected chi connectivity index (χ1v) is 8.28. The SMILES string of the molecule is CCCCCC(=O)CC[Si](OC)(OC)OC=S. The van der Waals surface area contributed by atoms with Gasteiger partial charge in [-0.3, -0.25) is 4.79 Å². The van der Waals surface area contributed by atoms with Gasteiger partial charge in [-0.1, -0.05) is 19.8 Å². The fourth-order valence-corrected chi connectivity index (χ4v) is 3.56. The predicted octanol–water partition coefficient (Wildman–Crippen LogP) is 2.73. The van der Waals surface area contributed by atoms with Crippen molar-refractivity contribution in [2.24, 2.45) is 0 Å². The van der Waals surface area contributed by atoms with Crippen LogP contribution >= 0.6 is 12.2 Å². The lowest BCUT2D eigenvalue weighted by molar-refractivity contribution is -0.119. The maximum Gasteiger partial charge on any atom is 0.566 e. The summed E-state index contributed by atoms with van der Waals surface area (Å²) in [4.78, 5) is 11.6. The molecule has 0 saturated heterocycles. The molecule has 0 aromatic carbocycles. The highest BCUT2D eigenvalue weighted by molar-refractivity contribution is 7.78. The number of Topliss-reactive ketones (excluding diaryl/α,β-unsaturated/α-hetero) is 1. The van der Waals surface area contributed by atoms with Gasteiger partial charge in [0, 0.05) is 33.1 Å². The lowest BCUT2D eigenvalue weighted by Crippen LogP contribution is -2.43. The van der Waals surface area contributed by atoms with Crippen LogP contribution in [0.4, 0.5) is 0 Å². The van der Waals surface area contributed by atoms with E-state index in [2.05, 4.69) is 19.1 Å². The number of carbonyl (C=O) groups excluding carboxylic acids is 1. The van der Waals surface area contributed by atoms with Crippen molar-refractivity contribution in [2.75, 3.05) is 14.2 Å². The normalized spacial score (nSPS) is 11.2. The Labute approximate surface area is 110 Å². The lowest BCUT2D eigenvalue weighted by atomic mass is 10.1. The van der Waals surface area contributed by atoms with Gasteiger partial charge in [-0.05, 0) is 18.6 Å². The van der Waals surface area contributed by atoms with E-state index in [9.17, 15) is 4.79 Å². The number of ketones is 1. The molecule has 0 aromatic heterocycles. The molecule has 0 heterocycles. The molecule has 0 bridgehead atoms. The van der Waals surface area contributed by atoms with Crippen LogP contribution in [-0.4, -0.2) is 34.4 Å². The highest BCUT2D eigenvalue weighted by Crippen LogP contribution is 2.16. The van der Waals surface area contributed by atoms with Crippen LogP contribution in [0.2, 0.25) is 6.04 Å². The molecule has 0 unspecified atom stereocenters. The molecule has 17 heavy (non-hydrogen) atoms. The largest absolute Gasteiger partial charge is 0.566 e. The Morgan fingerprint density at radius 1 is 1.24 bits per heavy atom. The molecule has 0 aromatic rings. The lowest BCUT2D eigenvalue weighted by Gasteiger charge is -2.23. The number of hydrogen-bond acceptors (Lipinski definition) is 5. The van der Waals surface area contributed by atoms with Gasteiger partial charge in [0.2, 0.25) is 0 Å². The van der Waals surface area contributed by atoms with E-state index in [1.54, 1.807) is 0 Å². The Bertz CT molecular complexity index is 232. The molecule has 0 amide bonds. The summed E-state index contributed by atoms with van der Waals surface area (Å²) in [6.07, 6.45) is 4.23. The summed E-state index contributed by atoms with van der Waals surface area (Å²) in [5, 5.41) is 0. The molecule has 0 aliphatic carbocycles. The minimum atomic E-state index is -2.73. The van der Waals surface area contributed by atoms with Crippen molar-refractivity contribution in [3.63, 3.8) is 0 Å². The second-order valence-corrected chi connectivity index (χ2v) is 6.91. The molecular formula is C11H22O4SSi. The topological polar surface area (TPSA) is 44.8 Å². The molecule has 0 aliphatic rings.